The number of aryl methyl sites for hydroxylation is 2. The van der Waals surface area contributed by atoms with Crippen molar-refractivity contribution < 1.29 is 4.74 Å². The topological polar surface area (TPSA) is 35.2 Å². The van der Waals surface area contributed by atoms with Gasteiger partial charge in [0, 0.05) is 0 Å². The summed E-state index contributed by atoms with van der Waals surface area (Å²) < 4.78 is 5.71. The van der Waals surface area contributed by atoms with Crippen molar-refractivity contribution >= 4 is 0 Å². The maximum absolute atomic E-state index is 6.20. The van der Waals surface area contributed by atoms with Gasteiger partial charge in [-0.1, -0.05) is 54.1 Å². The Labute approximate surface area is 121 Å². The van der Waals surface area contributed by atoms with Crippen LogP contribution in [-0.4, -0.2) is 13.2 Å². The number of rotatable bonds is 6. The summed E-state index contributed by atoms with van der Waals surface area (Å²) in [6.45, 7) is 5.48. The van der Waals surface area contributed by atoms with Crippen LogP contribution in [0.2, 0.25) is 0 Å². The van der Waals surface area contributed by atoms with E-state index >= 15 is 0 Å². The molecule has 2 nitrogen and oxygen atoms in total. The molecule has 0 saturated heterocycles. The lowest BCUT2D eigenvalue weighted by Crippen LogP contribution is -2.19. The minimum Gasteiger partial charge on any atom is -0.379 e. The monoisotopic (exact) mass is 269 g/mol. The molecule has 0 saturated carbocycles. The predicted molar refractivity (Wildman–Crippen MR) is 83.8 cm³/mol. The highest BCUT2D eigenvalue weighted by Gasteiger charge is 2.09. The van der Waals surface area contributed by atoms with Gasteiger partial charge in [0.1, 0.15) is 0 Å². The molecule has 0 fully saturated rings. The van der Waals surface area contributed by atoms with Crippen molar-refractivity contribution in [2.75, 3.05) is 13.2 Å². The molecule has 2 aromatic rings. The van der Waals surface area contributed by atoms with E-state index in [2.05, 4.69) is 56.3 Å². The fourth-order valence-electron chi connectivity index (χ4n) is 2.38. The van der Waals surface area contributed by atoms with Gasteiger partial charge >= 0.3 is 0 Å². The van der Waals surface area contributed by atoms with E-state index in [-0.39, 0.29) is 6.04 Å². The molecule has 20 heavy (non-hydrogen) atoms. The lowest BCUT2D eigenvalue weighted by Gasteiger charge is -2.15. The van der Waals surface area contributed by atoms with Gasteiger partial charge in [-0.05, 0) is 37.0 Å². The average molecular weight is 269 g/mol. The van der Waals surface area contributed by atoms with Gasteiger partial charge in [0.2, 0.25) is 0 Å². The molecule has 0 aliphatic rings. The fraction of sp³-hybridized carbons (Fsp3) is 0.333. The van der Waals surface area contributed by atoms with Crippen LogP contribution in [0.15, 0.2) is 48.5 Å². The Bertz CT molecular complexity index is 536. The molecule has 0 bridgehead atoms. The highest BCUT2D eigenvalue weighted by Crippen LogP contribution is 2.17. The van der Waals surface area contributed by atoms with Crippen molar-refractivity contribution in [1.82, 2.24) is 0 Å². The van der Waals surface area contributed by atoms with Crippen LogP contribution in [-0.2, 0) is 11.2 Å². The summed E-state index contributed by atoms with van der Waals surface area (Å²) >= 11 is 0. The second kappa shape index (κ2) is 7.22. The van der Waals surface area contributed by atoms with Crippen molar-refractivity contribution in [1.29, 1.82) is 0 Å². The predicted octanol–water partition coefficient (Wildman–Crippen LogP) is 3.56. The molecule has 2 rings (SSSR count). The number of ether oxygens (including phenoxy) is 1. The Balaban J connectivity index is 1.79. The van der Waals surface area contributed by atoms with E-state index in [1.165, 1.54) is 22.3 Å². The Morgan fingerprint density at radius 2 is 1.80 bits per heavy atom. The van der Waals surface area contributed by atoms with Crippen LogP contribution in [0.4, 0.5) is 0 Å². The van der Waals surface area contributed by atoms with Crippen LogP contribution in [0.1, 0.15) is 28.3 Å². The van der Waals surface area contributed by atoms with Gasteiger partial charge in [-0.3, -0.25) is 0 Å². The Hall–Kier alpha value is -1.64. The zero-order chi connectivity index (χ0) is 14.4. The van der Waals surface area contributed by atoms with Gasteiger partial charge in [0.25, 0.3) is 0 Å². The van der Waals surface area contributed by atoms with E-state index in [0.29, 0.717) is 13.2 Å². The van der Waals surface area contributed by atoms with Crippen molar-refractivity contribution in [2.45, 2.75) is 26.3 Å². The van der Waals surface area contributed by atoms with E-state index < -0.39 is 0 Å². The summed E-state index contributed by atoms with van der Waals surface area (Å²) in [5.41, 5.74) is 11.2. The molecule has 1 unspecified atom stereocenters. The number of benzene rings is 2. The second-order valence-electron chi connectivity index (χ2n) is 5.28. The molecule has 0 heterocycles. The molecule has 0 aliphatic heterocycles. The fourth-order valence-corrected chi connectivity index (χ4v) is 2.38. The van der Waals surface area contributed by atoms with Crippen molar-refractivity contribution in [3.8, 4) is 0 Å². The summed E-state index contributed by atoms with van der Waals surface area (Å²) in [5, 5.41) is 0. The first-order valence-electron chi connectivity index (χ1n) is 7.11. The standard InChI is InChI=1S/C18H23NO/c1-14-8-9-17(15(2)12-14)18(19)13-20-11-10-16-6-4-3-5-7-16/h3-9,12,18H,10-11,13,19H2,1-2H3. The molecule has 2 heteroatoms. The maximum atomic E-state index is 6.20. The molecule has 0 aliphatic carbocycles. The molecule has 0 spiro atoms. The first-order valence-corrected chi connectivity index (χ1v) is 7.11. The Kier molecular flexibility index (Phi) is 5.33. The number of hydrogen-bond acceptors (Lipinski definition) is 2. The molecule has 1 atom stereocenters. The van der Waals surface area contributed by atoms with Gasteiger partial charge in [0.15, 0.2) is 0 Å². The lowest BCUT2D eigenvalue weighted by atomic mass is 10.0. The third-order valence-corrected chi connectivity index (χ3v) is 3.50. The van der Waals surface area contributed by atoms with E-state index in [1.807, 2.05) is 6.07 Å². The van der Waals surface area contributed by atoms with Gasteiger partial charge in [-0.25, -0.2) is 0 Å². The molecule has 2 N–H and O–H groups in total. The Morgan fingerprint density at radius 3 is 2.50 bits per heavy atom. The van der Waals surface area contributed by atoms with Crippen LogP contribution in [0.25, 0.3) is 0 Å². The molecule has 0 radical (unpaired) electrons. The van der Waals surface area contributed by atoms with E-state index in [4.69, 9.17) is 10.5 Å². The highest BCUT2D eigenvalue weighted by atomic mass is 16.5. The van der Waals surface area contributed by atoms with Gasteiger partial charge < -0.3 is 10.5 Å². The summed E-state index contributed by atoms with van der Waals surface area (Å²) in [4.78, 5) is 0. The molecule has 0 aromatic heterocycles. The normalized spacial score (nSPS) is 12.3. The van der Waals surface area contributed by atoms with E-state index in [0.717, 1.165) is 6.42 Å². The average Bonchev–Trinajstić information content (AvgIpc) is 2.44. The largest absolute Gasteiger partial charge is 0.379 e. The minimum atomic E-state index is -0.0497. The molecule has 0 amide bonds. The Morgan fingerprint density at radius 1 is 1.05 bits per heavy atom. The van der Waals surface area contributed by atoms with Crippen molar-refractivity contribution in [3.05, 3.63) is 70.8 Å². The van der Waals surface area contributed by atoms with Gasteiger partial charge in [-0.15, -0.1) is 0 Å². The second-order valence-corrected chi connectivity index (χ2v) is 5.28. The minimum absolute atomic E-state index is 0.0497. The van der Waals surface area contributed by atoms with Gasteiger partial charge in [0.05, 0.1) is 19.3 Å². The summed E-state index contributed by atoms with van der Waals surface area (Å²) in [7, 11) is 0. The molecular formula is C18H23NO. The third-order valence-electron chi connectivity index (χ3n) is 3.50. The van der Waals surface area contributed by atoms with Crippen molar-refractivity contribution in [2.24, 2.45) is 5.73 Å². The molecular weight excluding hydrogens is 246 g/mol. The summed E-state index contributed by atoms with van der Waals surface area (Å²) in [5.74, 6) is 0. The number of nitrogens with two attached hydrogens (primary N) is 1. The summed E-state index contributed by atoms with van der Waals surface area (Å²) in [6.07, 6.45) is 0.931. The molecule has 106 valence electrons. The van der Waals surface area contributed by atoms with Crippen LogP contribution in [0, 0.1) is 13.8 Å². The van der Waals surface area contributed by atoms with Crippen molar-refractivity contribution in [3.63, 3.8) is 0 Å². The quantitative estimate of drug-likeness (QED) is 0.814. The SMILES string of the molecule is Cc1ccc(C(N)COCCc2ccccc2)c(C)c1. The first-order chi connectivity index (χ1) is 9.66. The van der Waals surface area contributed by atoms with Crippen LogP contribution >= 0.6 is 0 Å². The molecule has 2 aromatic carbocycles. The van der Waals surface area contributed by atoms with E-state index in [9.17, 15) is 0 Å². The van der Waals surface area contributed by atoms with E-state index in [1.54, 1.807) is 0 Å². The first kappa shape index (κ1) is 14.8. The third kappa shape index (κ3) is 4.19. The summed E-state index contributed by atoms with van der Waals surface area (Å²) in [6, 6.07) is 16.7. The van der Waals surface area contributed by atoms with Crippen LogP contribution in [0.3, 0.4) is 0 Å². The highest BCUT2D eigenvalue weighted by molar-refractivity contribution is 5.32. The lowest BCUT2D eigenvalue weighted by molar-refractivity contribution is 0.123. The number of hydrogen-bond donors (Lipinski definition) is 1. The van der Waals surface area contributed by atoms with Crippen LogP contribution < -0.4 is 5.73 Å². The smallest absolute Gasteiger partial charge is 0.0659 e. The maximum Gasteiger partial charge on any atom is 0.0659 e. The van der Waals surface area contributed by atoms with Gasteiger partial charge in [-0.2, -0.15) is 0 Å². The zero-order valence-electron chi connectivity index (χ0n) is 12.3. The zero-order valence-corrected chi connectivity index (χ0v) is 12.3. The van der Waals surface area contributed by atoms with Crippen LogP contribution in [0.5, 0.6) is 0 Å².